The molecule has 2 saturated heterocycles. The molecule has 2 aliphatic heterocycles. The summed E-state index contributed by atoms with van der Waals surface area (Å²) in [7, 11) is -3.66. The van der Waals surface area contributed by atoms with Crippen molar-refractivity contribution in [3.8, 4) is 0 Å². The van der Waals surface area contributed by atoms with Crippen molar-refractivity contribution >= 4 is 21.8 Å². The number of nitrogens with zero attached hydrogens (tertiary/aromatic N) is 3. The number of aryl methyl sites for hydroxylation is 1. The second-order valence-corrected chi connectivity index (χ2v) is 9.73. The van der Waals surface area contributed by atoms with E-state index in [-0.39, 0.29) is 42.9 Å². The molecule has 1 atom stereocenters. The Hall–Kier alpha value is -2.71. The summed E-state index contributed by atoms with van der Waals surface area (Å²) >= 11 is 0. The summed E-state index contributed by atoms with van der Waals surface area (Å²) in [4.78, 5) is 29.3. The zero-order chi connectivity index (χ0) is 21.3. The number of carbonyl (C=O) groups is 2. The molecule has 0 bridgehead atoms. The number of hydrogen-bond donors (Lipinski definition) is 0. The van der Waals surface area contributed by atoms with Crippen molar-refractivity contribution in [2.45, 2.75) is 30.8 Å². The minimum Gasteiger partial charge on any atom is -0.328 e. The molecule has 8 heteroatoms. The maximum atomic E-state index is 13.1. The lowest BCUT2D eigenvalue weighted by atomic mass is 10.1. The summed E-state index contributed by atoms with van der Waals surface area (Å²) < 4.78 is 27.3. The number of piperazine rings is 1. The summed E-state index contributed by atoms with van der Waals surface area (Å²) in [6, 6.07) is 15.5. The Kier molecular flexibility index (Phi) is 5.62. The quantitative estimate of drug-likeness (QED) is 0.743. The van der Waals surface area contributed by atoms with Crippen molar-refractivity contribution in [3.05, 3.63) is 65.7 Å². The van der Waals surface area contributed by atoms with E-state index < -0.39 is 16.1 Å². The highest BCUT2D eigenvalue weighted by Crippen LogP contribution is 2.24. The fraction of sp³-hybridized carbons (Fsp3) is 0.364. The summed E-state index contributed by atoms with van der Waals surface area (Å²) in [6.45, 7) is 3.00. The fourth-order valence-corrected chi connectivity index (χ4v) is 5.62. The van der Waals surface area contributed by atoms with Crippen LogP contribution < -0.4 is 0 Å². The fourth-order valence-electron chi connectivity index (χ4n) is 4.15. The van der Waals surface area contributed by atoms with Gasteiger partial charge in [-0.15, -0.1) is 0 Å². The number of rotatable bonds is 4. The van der Waals surface area contributed by atoms with Gasteiger partial charge in [0.15, 0.2) is 0 Å². The Morgan fingerprint density at radius 3 is 2.47 bits per heavy atom. The van der Waals surface area contributed by atoms with Crippen LogP contribution in [0, 0.1) is 6.92 Å². The number of benzene rings is 2. The first kappa shape index (κ1) is 20.6. The molecule has 4 rings (SSSR count). The third-order valence-corrected chi connectivity index (χ3v) is 7.61. The molecule has 1 unspecified atom stereocenters. The van der Waals surface area contributed by atoms with Crippen LogP contribution in [-0.4, -0.2) is 66.6 Å². The van der Waals surface area contributed by atoms with Gasteiger partial charge < -0.3 is 9.80 Å². The average Bonchev–Trinajstić information content (AvgIpc) is 2.97. The van der Waals surface area contributed by atoms with Crippen molar-refractivity contribution in [3.63, 3.8) is 0 Å². The number of sulfonamides is 1. The molecular weight excluding hydrogens is 402 g/mol. The van der Waals surface area contributed by atoms with E-state index in [1.54, 1.807) is 40.1 Å². The summed E-state index contributed by atoms with van der Waals surface area (Å²) in [6.07, 6.45) is 0.293. The Morgan fingerprint density at radius 1 is 0.967 bits per heavy atom. The predicted molar refractivity (Wildman–Crippen MR) is 112 cm³/mol. The van der Waals surface area contributed by atoms with Crippen LogP contribution in [-0.2, 0) is 26.2 Å². The molecule has 2 aliphatic rings. The minimum absolute atomic E-state index is 0.0225. The summed E-state index contributed by atoms with van der Waals surface area (Å²) in [5.41, 5.74) is 2.08. The van der Waals surface area contributed by atoms with Gasteiger partial charge in [0.2, 0.25) is 21.8 Å². The lowest BCUT2D eigenvalue weighted by Crippen LogP contribution is -2.59. The molecule has 2 fully saturated rings. The van der Waals surface area contributed by atoms with E-state index in [1.165, 1.54) is 4.31 Å². The van der Waals surface area contributed by atoms with Gasteiger partial charge in [-0.25, -0.2) is 8.42 Å². The van der Waals surface area contributed by atoms with Crippen molar-refractivity contribution in [2.24, 2.45) is 0 Å². The maximum absolute atomic E-state index is 13.1. The normalized spacial score (nSPS) is 20.8. The molecule has 2 amide bonds. The van der Waals surface area contributed by atoms with Gasteiger partial charge in [-0.1, -0.05) is 48.0 Å². The molecule has 0 aliphatic carbocycles. The predicted octanol–water partition coefficient (Wildman–Crippen LogP) is 1.63. The first-order chi connectivity index (χ1) is 14.4. The second-order valence-electron chi connectivity index (χ2n) is 7.79. The van der Waals surface area contributed by atoms with Crippen molar-refractivity contribution in [1.82, 2.24) is 14.1 Å². The molecule has 158 valence electrons. The Balaban J connectivity index is 1.52. The SMILES string of the molecule is Cc1cccc(CN2CC(=O)N3CCN(S(=O)(=O)c4ccccc4)CCC3C2=O)c1. The largest absolute Gasteiger partial charge is 0.328 e. The molecule has 30 heavy (non-hydrogen) atoms. The molecule has 2 heterocycles. The molecule has 0 saturated carbocycles. The molecule has 2 aromatic rings. The van der Waals surface area contributed by atoms with Crippen molar-refractivity contribution in [1.29, 1.82) is 0 Å². The van der Waals surface area contributed by atoms with Crippen LogP contribution in [0.25, 0.3) is 0 Å². The third-order valence-electron chi connectivity index (χ3n) is 5.70. The number of fused-ring (bicyclic) bond motifs is 1. The molecule has 0 aromatic heterocycles. The summed E-state index contributed by atoms with van der Waals surface area (Å²) in [5, 5.41) is 0. The van der Waals surface area contributed by atoms with E-state index >= 15 is 0 Å². The highest BCUT2D eigenvalue weighted by Gasteiger charge is 2.42. The maximum Gasteiger partial charge on any atom is 0.246 e. The molecule has 0 N–H and O–H groups in total. The van der Waals surface area contributed by atoms with Crippen molar-refractivity contribution < 1.29 is 18.0 Å². The molecular formula is C22H25N3O4S. The van der Waals surface area contributed by atoms with E-state index in [0.29, 0.717) is 13.0 Å². The minimum atomic E-state index is -3.66. The first-order valence-corrected chi connectivity index (χ1v) is 11.5. The van der Waals surface area contributed by atoms with E-state index in [0.717, 1.165) is 11.1 Å². The van der Waals surface area contributed by atoms with Gasteiger partial charge in [0.05, 0.1) is 4.90 Å². The van der Waals surface area contributed by atoms with E-state index in [1.807, 2.05) is 31.2 Å². The van der Waals surface area contributed by atoms with Crippen LogP contribution in [0.1, 0.15) is 17.5 Å². The number of carbonyl (C=O) groups excluding carboxylic acids is 2. The van der Waals surface area contributed by atoms with Gasteiger partial charge in [-0.05, 0) is 31.0 Å². The first-order valence-electron chi connectivity index (χ1n) is 10.1. The highest BCUT2D eigenvalue weighted by molar-refractivity contribution is 7.89. The van der Waals surface area contributed by atoms with Gasteiger partial charge in [-0.3, -0.25) is 9.59 Å². The Morgan fingerprint density at radius 2 is 1.73 bits per heavy atom. The lowest BCUT2D eigenvalue weighted by molar-refractivity contribution is -0.156. The average molecular weight is 428 g/mol. The van der Waals surface area contributed by atoms with Crippen LogP contribution >= 0.6 is 0 Å². The molecule has 0 radical (unpaired) electrons. The molecule has 2 aromatic carbocycles. The second kappa shape index (κ2) is 8.20. The van der Waals surface area contributed by atoms with Crippen molar-refractivity contribution in [2.75, 3.05) is 26.2 Å². The van der Waals surface area contributed by atoms with Gasteiger partial charge in [0.25, 0.3) is 0 Å². The van der Waals surface area contributed by atoms with E-state index in [4.69, 9.17) is 0 Å². The van der Waals surface area contributed by atoms with E-state index in [2.05, 4.69) is 0 Å². The Bertz CT molecular complexity index is 1060. The monoisotopic (exact) mass is 427 g/mol. The van der Waals surface area contributed by atoms with Crippen LogP contribution in [0.2, 0.25) is 0 Å². The Labute approximate surface area is 176 Å². The standard InChI is InChI=1S/C22H25N3O4S/c1-17-6-5-7-18(14-17)15-23-16-21(26)25-13-12-24(11-10-20(25)22(23)27)30(28,29)19-8-3-2-4-9-19/h2-9,14,20H,10-13,15-16H2,1H3. The topological polar surface area (TPSA) is 78.0 Å². The van der Waals surface area contributed by atoms with Gasteiger partial charge in [0.1, 0.15) is 12.6 Å². The van der Waals surface area contributed by atoms with Crippen LogP contribution in [0.15, 0.2) is 59.5 Å². The van der Waals surface area contributed by atoms with Crippen LogP contribution in [0.5, 0.6) is 0 Å². The van der Waals surface area contributed by atoms with E-state index in [9.17, 15) is 18.0 Å². The molecule has 7 nitrogen and oxygen atoms in total. The third kappa shape index (κ3) is 3.97. The zero-order valence-corrected chi connectivity index (χ0v) is 17.7. The van der Waals surface area contributed by atoms with Gasteiger partial charge in [0, 0.05) is 26.2 Å². The van der Waals surface area contributed by atoms with Crippen LogP contribution in [0.3, 0.4) is 0 Å². The van der Waals surface area contributed by atoms with Gasteiger partial charge >= 0.3 is 0 Å². The lowest BCUT2D eigenvalue weighted by Gasteiger charge is -2.39. The zero-order valence-electron chi connectivity index (χ0n) is 16.9. The number of hydrogen-bond acceptors (Lipinski definition) is 4. The number of amides is 2. The highest BCUT2D eigenvalue weighted by atomic mass is 32.2. The summed E-state index contributed by atoms with van der Waals surface area (Å²) in [5.74, 6) is -0.249. The molecule has 0 spiro atoms. The smallest absolute Gasteiger partial charge is 0.246 e. The van der Waals surface area contributed by atoms with Crippen LogP contribution in [0.4, 0.5) is 0 Å². The van der Waals surface area contributed by atoms with Gasteiger partial charge in [-0.2, -0.15) is 4.31 Å².